The molecular formula is C22H21BrN2O5S. The van der Waals surface area contributed by atoms with E-state index in [4.69, 9.17) is 4.74 Å². The number of amides is 3. The molecule has 0 bridgehead atoms. The normalized spacial score (nSPS) is 15.0. The standard InChI is InChI=1S/C22H21BrN2O5S/c1-4-30-18-8-14(15(23)10-17(18)26)9-19-21(28)25(22(29)31-19)11-20(27)24-16-6-5-12(2)7-13(16)3/h5-10,26H,4,11H2,1-3H3,(H,24,27)/b19-9-. The van der Waals surface area contributed by atoms with Crippen molar-refractivity contribution < 1.29 is 24.2 Å². The lowest BCUT2D eigenvalue weighted by Gasteiger charge is -2.14. The molecule has 0 aromatic heterocycles. The zero-order valence-electron chi connectivity index (χ0n) is 17.2. The molecule has 1 heterocycles. The van der Waals surface area contributed by atoms with E-state index < -0.39 is 17.1 Å². The number of imide groups is 1. The molecule has 3 amide bonds. The topological polar surface area (TPSA) is 95.9 Å². The second kappa shape index (κ2) is 9.57. The Kier molecular flexibility index (Phi) is 7.07. The van der Waals surface area contributed by atoms with Gasteiger partial charge in [-0.15, -0.1) is 0 Å². The summed E-state index contributed by atoms with van der Waals surface area (Å²) in [5.74, 6) is -0.783. The number of carbonyl (C=O) groups is 3. The molecule has 1 fully saturated rings. The lowest BCUT2D eigenvalue weighted by molar-refractivity contribution is -0.127. The van der Waals surface area contributed by atoms with Gasteiger partial charge in [-0.05, 0) is 67.9 Å². The van der Waals surface area contributed by atoms with Crippen molar-refractivity contribution in [2.45, 2.75) is 20.8 Å². The molecule has 9 heteroatoms. The van der Waals surface area contributed by atoms with Gasteiger partial charge in [0.05, 0.1) is 11.5 Å². The van der Waals surface area contributed by atoms with Crippen molar-refractivity contribution >= 4 is 56.5 Å². The van der Waals surface area contributed by atoms with Gasteiger partial charge in [0.1, 0.15) is 6.54 Å². The van der Waals surface area contributed by atoms with E-state index in [2.05, 4.69) is 21.2 Å². The van der Waals surface area contributed by atoms with Crippen LogP contribution >= 0.6 is 27.7 Å². The number of aryl methyl sites for hydroxylation is 2. The van der Waals surface area contributed by atoms with Gasteiger partial charge in [0, 0.05) is 10.2 Å². The Hall–Kier alpha value is -2.78. The van der Waals surface area contributed by atoms with Gasteiger partial charge in [-0.1, -0.05) is 33.6 Å². The van der Waals surface area contributed by atoms with Crippen molar-refractivity contribution in [3.8, 4) is 11.5 Å². The van der Waals surface area contributed by atoms with E-state index in [0.29, 0.717) is 22.3 Å². The largest absolute Gasteiger partial charge is 0.504 e. The molecule has 162 valence electrons. The maximum absolute atomic E-state index is 12.7. The molecule has 0 radical (unpaired) electrons. The summed E-state index contributed by atoms with van der Waals surface area (Å²) >= 11 is 4.09. The first-order valence-corrected chi connectivity index (χ1v) is 11.1. The summed E-state index contributed by atoms with van der Waals surface area (Å²) in [6.45, 7) is 5.60. The zero-order chi connectivity index (χ0) is 22.7. The number of phenols is 1. The van der Waals surface area contributed by atoms with Crippen LogP contribution in [-0.2, 0) is 9.59 Å². The summed E-state index contributed by atoms with van der Waals surface area (Å²) in [4.78, 5) is 38.6. The third kappa shape index (κ3) is 5.29. The fourth-order valence-corrected chi connectivity index (χ4v) is 4.28. The van der Waals surface area contributed by atoms with E-state index in [0.717, 1.165) is 27.8 Å². The summed E-state index contributed by atoms with van der Waals surface area (Å²) in [6.07, 6.45) is 1.53. The Labute approximate surface area is 192 Å². The average Bonchev–Trinajstić information content (AvgIpc) is 2.95. The number of nitrogens with one attached hydrogen (secondary N) is 1. The van der Waals surface area contributed by atoms with E-state index in [1.165, 1.54) is 12.1 Å². The number of hydrogen-bond acceptors (Lipinski definition) is 6. The van der Waals surface area contributed by atoms with Crippen molar-refractivity contribution in [1.29, 1.82) is 0 Å². The maximum atomic E-state index is 12.7. The number of nitrogens with zero attached hydrogens (tertiary/aromatic N) is 1. The van der Waals surface area contributed by atoms with E-state index in [1.807, 2.05) is 26.0 Å². The van der Waals surface area contributed by atoms with Crippen LogP contribution in [0.1, 0.15) is 23.6 Å². The Morgan fingerprint density at radius 2 is 2.00 bits per heavy atom. The number of rotatable bonds is 6. The minimum Gasteiger partial charge on any atom is -0.504 e. The van der Waals surface area contributed by atoms with Crippen LogP contribution in [0.25, 0.3) is 6.08 Å². The second-order valence-electron chi connectivity index (χ2n) is 6.91. The van der Waals surface area contributed by atoms with Gasteiger partial charge in [0.25, 0.3) is 11.1 Å². The number of aromatic hydroxyl groups is 1. The molecule has 31 heavy (non-hydrogen) atoms. The smallest absolute Gasteiger partial charge is 0.294 e. The summed E-state index contributed by atoms with van der Waals surface area (Å²) in [6, 6.07) is 8.62. The summed E-state index contributed by atoms with van der Waals surface area (Å²) < 4.78 is 5.90. The Morgan fingerprint density at radius 1 is 1.26 bits per heavy atom. The van der Waals surface area contributed by atoms with Gasteiger partial charge < -0.3 is 15.2 Å². The Bertz CT molecular complexity index is 1100. The number of benzene rings is 2. The molecule has 0 atom stereocenters. The van der Waals surface area contributed by atoms with Crippen LogP contribution in [0, 0.1) is 13.8 Å². The summed E-state index contributed by atoms with van der Waals surface area (Å²) in [5, 5.41) is 12.2. The molecule has 2 aromatic rings. The summed E-state index contributed by atoms with van der Waals surface area (Å²) in [5.41, 5.74) is 3.16. The third-order valence-corrected chi connectivity index (χ3v) is 6.09. The Morgan fingerprint density at radius 3 is 2.68 bits per heavy atom. The van der Waals surface area contributed by atoms with Gasteiger partial charge in [-0.25, -0.2) is 0 Å². The summed E-state index contributed by atoms with van der Waals surface area (Å²) in [7, 11) is 0. The number of anilines is 1. The molecule has 0 aliphatic carbocycles. The van der Waals surface area contributed by atoms with Crippen LogP contribution < -0.4 is 10.1 Å². The molecule has 2 N–H and O–H groups in total. The molecule has 1 saturated heterocycles. The molecule has 1 aliphatic rings. The molecule has 2 aromatic carbocycles. The SMILES string of the molecule is CCOc1cc(/C=C2\SC(=O)N(CC(=O)Nc3ccc(C)cc3C)C2=O)c(Br)cc1O. The van der Waals surface area contributed by atoms with Crippen molar-refractivity contribution in [2.75, 3.05) is 18.5 Å². The fraction of sp³-hybridized carbons (Fsp3) is 0.227. The van der Waals surface area contributed by atoms with Crippen molar-refractivity contribution in [3.63, 3.8) is 0 Å². The number of halogens is 1. The minimum absolute atomic E-state index is 0.0398. The van der Waals surface area contributed by atoms with Crippen molar-refractivity contribution in [2.24, 2.45) is 0 Å². The molecule has 3 rings (SSSR count). The van der Waals surface area contributed by atoms with E-state index in [9.17, 15) is 19.5 Å². The number of carbonyl (C=O) groups excluding carboxylic acids is 3. The predicted molar refractivity (Wildman–Crippen MR) is 124 cm³/mol. The van der Waals surface area contributed by atoms with E-state index in [-0.39, 0.29) is 22.9 Å². The van der Waals surface area contributed by atoms with Crippen LogP contribution in [0.15, 0.2) is 39.7 Å². The molecule has 7 nitrogen and oxygen atoms in total. The highest BCUT2D eigenvalue weighted by Gasteiger charge is 2.36. The monoisotopic (exact) mass is 504 g/mol. The van der Waals surface area contributed by atoms with Crippen LogP contribution in [0.3, 0.4) is 0 Å². The quantitative estimate of drug-likeness (QED) is 0.546. The van der Waals surface area contributed by atoms with E-state index in [1.54, 1.807) is 19.1 Å². The third-order valence-electron chi connectivity index (χ3n) is 4.50. The van der Waals surface area contributed by atoms with Gasteiger partial charge in [-0.3, -0.25) is 19.3 Å². The highest BCUT2D eigenvalue weighted by atomic mass is 79.9. The number of ether oxygens (including phenoxy) is 1. The highest BCUT2D eigenvalue weighted by Crippen LogP contribution is 2.37. The molecular weight excluding hydrogens is 484 g/mol. The maximum Gasteiger partial charge on any atom is 0.294 e. The molecule has 0 unspecified atom stereocenters. The fourth-order valence-electron chi connectivity index (χ4n) is 3.01. The van der Waals surface area contributed by atoms with Crippen LogP contribution in [-0.4, -0.2) is 40.2 Å². The van der Waals surface area contributed by atoms with Crippen molar-refractivity contribution in [3.05, 3.63) is 56.4 Å². The van der Waals surface area contributed by atoms with E-state index >= 15 is 0 Å². The Balaban J connectivity index is 1.76. The van der Waals surface area contributed by atoms with Crippen LogP contribution in [0.5, 0.6) is 11.5 Å². The zero-order valence-corrected chi connectivity index (χ0v) is 19.6. The van der Waals surface area contributed by atoms with Gasteiger partial charge >= 0.3 is 0 Å². The molecule has 0 saturated carbocycles. The minimum atomic E-state index is -0.552. The first kappa shape index (κ1) is 22.9. The molecule has 0 spiro atoms. The lowest BCUT2D eigenvalue weighted by Crippen LogP contribution is -2.36. The lowest BCUT2D eigenvalue weighted by atomic mass is 10.1. The van der Waals surface area contributed by atoms with Crippen molar-refractivity contribution in [1.82, 2.24) is 4.90 Å². The van der Waals surface area contributed by atoms with Gasteiger partial charge in [-0.2, -0.15) is 0 Å². The first-order chi connectivity index (χ1) is 14.7. The number of thioether (sulfide) groups is 1. The number of hydrogen-bond donors (Lipinski definition) is 2. The second-order valence-corrected chi connectivity index (χ2v) is 8.76. The van der Waals surface area contributed by atoms with Crippen LogP contribution in [0.2, 0.25) is 0 Å². The van der Waals surface area contributed by atoms with Gasteiger partial charge in [0.2, 0.25) is 5.91 Å². The highest BCUT2D eigenvalue weighted by molar-refractivity contribution is 9.10. The van der Waals surface area contributed by atoms with Crippen LogP contribution in [0.4, 0.5) is 10.5 Å². The average molecular weight is 505 g/mol. The van der Waals surface area contributed by atoms with Gasteiger partial charge in [0.15, 0.2) is 11.5 Å². The number of phenolic OH excluding ortho intramolecular Hbond substituents is 1. The predicted octanol–water partition coefficient (Wildman–Crippen LogP) is 4.85. The molecule has 1 aliphatic heterocycles. The first-order valence-electron chi connectivity index (χ1n) is 9.47.